The van der Waals surface area contributed by atoms with Gasteiger partial charge in [-0.1, -0.05) is 5.16 Å². The Morgan fingerprint density at radius 2 is 2.50 bits per heavy atom. The lowest BCUT2D eigenvalue weighted by Gasteiger charge is -1.77. The van der Waals surface area contributed by atoms with Crippen molar-refractivity contribution in [1.29, 1.82) is 0 Å². The van der Waals surface area contributed by atoms with Gasteiger partial charge in [-0.05, 0) is 34.5 Å². The number of halogens is 1. The van der Waals surface area contributed by atoms with Gasteiger partial charge in [-0.3, -0.25) is 0 Å². The highest BCUT2D eigenvalue weighted by molar-refractivity contribution is 9.11. The molecular formula is C6H6BrNOS. The summed E-state index contributed by atoms with van der Waals surface area (Å²) in [6, 6.07) is 1.95. The Bertz CT molecular complexity index is 237. The van der Waals surface area contributed by atoms with Gasteiger partial charge in [0.2, 0.25) is 0 Å². The molecule has 0 aliphatic rings. The minimum atomic E-state index is 0.951. The number of oxime groups is 1. The molecule has 0 atom stereocenters. The molecule has 1 aromatic heterocycles. The molecule has 0 spiro atoms. The maximum absolute atomic E-state index is 8.18. The lowest BCUT2D eigenvalue weighted by Crippen LogP contribution is -1.69. The number of rotatable bonds is 1. The van der Waals surface area contributed by atoms with Gasteiger partial charge in [0, 0.05) is 0 Å². The zero-order chi connectivity index (χ0) is 7.56. The van der Waals surface area contributed by atoms with Gasteiger partial charge < -0.3 is 5.21 Å². The first-order valence-electron chi connectivity index (χ1n) is 2.67. The van der Waals surface area contributed by atoms with Gasteiger partial charge in [-0.25, -0.2) is 0 Å². The largest absolute Gasteiger partial charge is 0.411 e. The fraction of sp³-hybridized carbons (Fsp3) is 0.167. The van der Waals surface area contributed by atoms with Crippen LogP contribution in [-0.4, -0.2) is 11.4 Å². The van der Waals surface area contributed by atoms with E-state index in [0.717, 1.165) is 8.66 Å². The first-order valence-corrected chi connectivity index (χ1v) is 4.28. The van der Waals surface area contributed by atoms with E-state index < -0.39 is 0 Å². The number of hydrogen-bond acceptors (Lipinski definition) is 3. The Kier molecular flexibility index (Phi) is 2.45. The standard InChI is InChI=1S/C6H6BrNOS/c1-4-2-5(3-8-9)10-6(4)7/h2-3,9H,1H3/b8-3+. The topological polar surface area (TPSA) is 32.6 Å². The second kappa shape index (κ2) is 3.16. The fourth-order valence-electron chi connectivity index (χ4n) is 0.604. The third-order valence-corrected chi connectivity index (χ3v) is 3.13. The maximum atomic E-state index is 8.18. The predicted molar refractivity (Wildman–Crippen MR) is 46.1 cm³/mol. The van der Waals surface area contributed by atoms with Crippen LogP contribution in [0.1, 0.15) is 10.4 Å². The molecule has 1 aromatic rings. The molecule has 1 N–H and O–H groups in total. The summed E-state index contributed by atoms with van der Waals surface area (Å²) in [6.45, 7) is 2.00. The second-order valence-electron chi connectivity index (χ2n) is 1.85. The van der Waals surface area contributed by atoms with Gasteiger partial charge in [-0.2, -0.15) is 0 Å². The number of thiophene rings is 1. The summed E-state index contributed by atoms with van der Waals surface area (Å²) in [5.74, 6) is 0. The van der Waals surface area contributed by atoms with E-state index in [-0.39, 0.29) is 0 Å². The third kappa shape index (κ3) is 1.58. The summed E-state index contributed by atoms with van der Waals surface area (Å²) < 4.78 is 1.09. The Morgan fingerprint density at radius 1 is 1.80 bits per heavy atom. The Balaban J connectivity index is 2.98. The van der Waals surface area contributed by atoms with Crippen LogP contribution < -0.4 is 0 Å². The van der Waals surface area contributed by atoms with Crippen LogP contribution in [0.2, 0.25) is 0 Å². The molecule has 1 heterocycles. The average molecular weight is 220 g/mol. The highest BCUT2D eigenvalue weighted by Crippen LogP contribution is 2.25. The Morgan fingerprint density at radius 3 is 2.90 bits per heavy atom. The molecule has 54 valence electrons. The molecule has 0 saturated heterocycles. The minimum Gasteiger partial charge on any atom is -0.411 e. The van der Waals surface area contributed by atoms with E-state index in [2.05, 4.69) is 21.1 Å². The summed E-state index contributed by atoms with van der Waals surface area (Å²) in [7, 11) is 0. The molecule has 0 unspecified atom stereocenters. The summed E-state index contributed by atoms with van der Waals surface area (Å²) in [5, 5.41) is 11.1. The molecule has 0 radical (unpaired) electrons. The molecule has 0 saturated carbocycles. The number of aryl methyl sites for hydroxylation is 1. The fourth-order valence-corrected chi connectivity index (χ4v) is 2.04. The van der Waals surface area contributed by atoms with Gasteiger partial charge in [0.25, 0.3) is 0 Å². The van der Waals surface area contributed by atoms with Crippen molar-refractivity contribution in [2.45, 2.75) is 6.92 Å². The number of nitrogens with zero attached hydrogens (tertiary/aromatic N) is 1. The van der Waals surface area contributed by atoms with Crippen molar-refractivity contribution >= 4 is 33.5 Å². The first-order chi connectivity index (χ1) is 4.74. The summed E-state index contributed by atoms with van der Waals surface area (Å²) >= 11 is 4.91. The molecule has 0 aromatic carbocycles. The van der Waals surface area contributed by atoms with Crippen molar-refractivity contribution in [3.8, 4) is 0 Å². The van der Waals surface area contributed by atoms with Crippen LogP contribution in [0.4, 0.5) is 0 Å². The van der Waals surface area contributed by atoms with E-state index in [1.54, 1.807) is 11.3 Å². The molecule has 0 aliphatic carbocycles. The molecule has 1 rings (SSSR count). The average Bonchev–Trinajstić information content (AvgIpc) is 2.14. The monoisotopic (exact) mass is 219 g/mol. The highest BCUT2D eigenvalue weighted by Gasteiger charge is 1.98. The van der Waals surface area contributed by atoms with Crippen LogP contribution >= 0.6 is 27.3 Å². The molecular weight excluding hydrogens is 214 g/mol. The zero-order valence-electron chi connectivity index (χ0n) is 5.34. The quantitative estimate of drug-likeness (QED) is 0.440. The van der Waals surface area contributed by atoms with Crippen LogP contribution in [-0.2, 0) is 0 Å². The van der Waals surface area contributed by atoms with Gasteiger partial charge in [0.1, 0.15) is 0 Å². The predicted octanol–water partition coefficient (Wildman–Crippen LogP) is 2.63. The zero-order valence-corrected chi connectivity index (χ0v) is 7.74. The minimum absolute atomic E-state index is 0.951. The summed E-state index contributed by atoms with van der Waals surface area (Å²) in [4.78, 5) is 0.951. The van der Waals surface area contributed by atoms with Crippen LogP contribution in [0.15, 0.2) is 15.0 Å². The normalized spacial score (nSPS) is 11.0. The van der Waals surface area contributed by atoms with Crippen molar-refractivity contribution in [3.63, 3.8) is 0 Å². The third-order valence-electron chi connectivity index (χ3n) is 1.06. The van der Waals surface area contributed by atoms with E-state index in [9.17, 15) is 0 Å². The lowest BCUT2D eigenvalue weighted by atomic mass is 10.3. The highest BCUT2D eigenvalue weighted by atomic mass is 79.9. The molecule has 0 aliphatic heterocycles. The number of hydrogen-bond donors (Lipinski definition) is 1. The van der Waals surface area contributed by atoms with Gasteiger partial charge in [-0.15, -0.1) is 11.3 Å². The summed E-state index contributed by atoms with van der Waals surface area (Å²) in [5.41, 5.74) is 1.17. The molecule has 10 heavy (non-hydrogen) atoms. The van der Waals surface area contributed by atoms with Gasteiger partial charge in [0.15, 0.2) is 0 Å². The molecule has 0 amide bonds. The second-order valence-corrected chi connectivity index (χ2v) is 4.25. The van der Waals surface area contributed by atoms with Crippen LogP contribution in [0.3, 0.4) is 0 Å². The molecule has 4 heteroatoms. The van der Waals surface area contributed by atoms with Crippen LogP contribution in [0.25, 0.3) is 0 Å². The van der Waals surface area contributed by atoms with Crippen molar-refractivity contribution in [1.82, 2.24) is 0 Å². The first kappa shape index (κ1) is 7.75. The van der Waals surface area contributed by atoms with E-state index in [1.165, 1.54) is 11.8 Å². The maximum Gasteiger partial charge on any atom is 0.0834 e. The SMILES string of the molecule is Cc1cc(/C=N/O)sc1Br. The van der Waals surface area contributed by atoms with Crippen molar-refractivity contribution in [2.75, 3.05) is 0 Å². The van der Waals surface area contributed by atoms with Gasteiger partial charge in [0.05, 0.1) is 14.9 Å². The molecule has 0 fully saturated rings. The smallest absolute Gasteiger partial charge is 0.0834 e. The Hall–Kier alpha value is -0.350. The van der Waals surface area contributed by atoms with Crippen molar-refractivity contribution in [3.05, 3.63) is 20.3 Å². The lowest BCUT2D eigenvalue weighted by molar-refractivity contribution is 0.322. The molecule has 0 bridgehead atoms. The van der Waals surface area contributed by atoms with Crippen molar-refractivity contribution in [2.24, 2.45) is 5.16 Å². The van der Waals surface area contributed by atoms with E-state index in [4.69, 9.17) is 5.21 Å². The van der Waals surface area contributed by atoms with E-state index >= 15 is 0 Å². The van der Waals surface area contributed by atoms with Crippen molar-refractivity contribution < 1.29 is 5.21 Å². The summed E-state index contributed by atoms with van der Waals surface area (Å²) in [6.07, 6.45) is 1.42. The Labute approximate surface area is 71.3 Å². The van der Waals surface area contributed by atoms with Gasteiger partial charge >= 0.3 is 0 Å². The van der Waals surface area contributed by atoms with E-state index in [1.807, 2.05) is 13.0 Å². The van der Waals surface area contributed by atoms with E-state index in [0.29, 0.717) is 0 Å². The van der Waals surface area contributed by atoms with Crippen LogP contribution in [0, 0.1) is 6.92 Å². The van der Waals surface area contributed by atoms with Crippen LogP contribution in [0.5, 0.6) is 0 Å². The molecule has 2 nitrogen and oxygen atoms in total.